The molecule has 2 aromatic carbocycles. The second-order valence-corrected chi connectivity index (χ2v) is 4.53. The zero-order valence-electron chi connectivity index (χ0n) is 11.0. The van der Waals surface area contributed by atoms with Gasteiger partial charge in [0.1, 0.15) is 11.5 Å². The Morgan fingerprint density at radius 2 is 2.05 bits per heavy atom. The number of nitrogens with zero attached hydrogens (tertiary/aromatic N) is 1. The quantitative estimate of drug-likeness (QED) is 0.659. The summed E-state index contributed by atoms with van der Waals surface area (Å²) in [5.41, 5.74) is 2.71. The Hall–Kier alpha value is -2.53. The summed E-state index contributed by atoms with van der Waals surface area (Å²) in [7, 11) is 0. The zero-order chi connectivity index (χ0) is 15.1. The zero-order valence-corrected chi connectivity index (χ0v) is 11.7. The van der Waals surface area contributed by atoms with Crippen LogP contribution in [0, 0.1) is 0 Å². The molecule has 0 aliphatic carbocycles. The number of ether oxygens (including phenoxy) is 1. The number of rotatable bonds is 5. The molecule has 2 N–H and O–H groups in total. The Morgan fingerprint density at radius 1 is 1.29 bits per heavy atom. The van der Waals surface area contributed by atoms with Crippen molar-refractivity contribution in [3.8, 4) is 11.5 Å². The second-order valence-electron chi connectivity index (χ2n) is 4.10. The smallest absolute Gasteiger partial charge is 0.277 e. The lowest BCUT2D eigenvalue weighted by Crippen LogP contribution is -2.24. The number of aromatic hydroxyl groups is 1. The van der Waals surface area contributed by atoms with Crippen LogP contribution >= 0.6 is 11.6 Å². The minimum atomic E-state index is -0.406. The van der Waals surface area contributed by atoms with Crippen molar-refractivity contribution < 1.29 is 14.6 Å². The molecule has 2 aromatic rings. The summed E-state index contributed by atoms with van der Waals surface area (Å²) in [6.07, 6.45) is 1.31. The van der Waals surface area contributed by atoms with Gasteiger partial charge in [0.2, 0.25) is 0 Å². The maximum atomic E-state index is 11.5. The van der Waals surface area contributed by atoms with Crippen LogP contribution in [0.25, 0.3) is 0 Å². The van der Waals surface area contributed by atoms with E-state index < -0.39 is 5.91 Å². The van der Waals surface area contributed by atoms with E-state index in [4.69, 9.17) is 16.3 Å². The van der Waals surface area contributed by atoms with Crippen molar-refractivity contribution >= 4 is 23.7 Å². The van der Waals surface area contributed by atoms with E-state index in [1.165, 1.54) is 18.3 Å². The SMILES string of the molecule is O=C(COc1ccccc1)N/N=C/c1cc(Cl)ccc1O. The normalized spacial score (nSPS) is 10.5. The summed E-state index contributed by atoms with van der Waals surface area (Å²) >= 11 is 5.80. The number of carbonyl (C=O) groups excluding carboxylic acids is 1. The van der Waals surface area contributed by atoms with Crippen LogP contribution in [0.3, 0.4) is 0 Å². The summed E-state index contributed by atoms with van der Waals surface area (Å²) in [5.74, 6) is 0.221. The Morgan fingerprint density at radius 3 is 2.81 bits per heavy atom. The van der Waals surface area contributed by atoms with E-state index in [1.807, 2.05) is 18.2 Å². The van der Waals surface area contributed by atoms with Gasteiger partial charge in [0.25, 0.3) is 5.91 Å². The van der Waals surface area contributed by atoms with E-state index >= 15 is 0 Å². The molecule has 6 heteroatoms. The van der Waals surface area contributed by atoms with Crippen LogP contribution in [-0.2, 0) is 4.79 Å². The minimum Gasteiger partial charge on any atom is -0.507 e. The molecule has 0 aliphatic heterocycles. The molecule has 5 nitrogen and oxygen atoms in total. The molecule has 0 saturated carbocycles. The Kier molecular flexibility index (Phi) is 5.17. The van der Waals surface area contributed by atoms with E-state index in [-0.39, 0.29) is 12.4 Å². The molecular weight excluding hydrogens is 292 g/mol. The second kappa shape index (κ2) is 7.31. The highest BCUT2D eigenvalue weighted by atomic mass is 35.5. The van der Waals surface area contributed by atoms with E-state index in [2.05, 4.69) is 10.5 Å². The van der Waals surface area contributed by atoms with E-state index in [1.54, 1.807) is 18.2 Å². The molecule has 0 atom stereocenters. The summed E-state index contributed by atoms with van der Waals surface area (Å²) in [6.45, 7) is -0.150. The summed E-state index contributed by atoms with van der Waals surface area (Å²) in [6, 6.07) is 13.5. The van der Waals surface area contributed by atoms with Gasteiger partial charge in [0.15, 0.2) is 6.61 Å². The number of amides is 1. The van der Waals surface area contributed by atoms with Gasteiger partial charge in [-0.1, -0.05) is 29.8 Å². The van der Waals surface area contributed by atoms with Crippen LogP contribution in [-0.4, -0.2) is 23.8 Å². The number of nitrogens with one attached hydrogen (secondary N) is 1. The van der Waals surface area contributed by atoms with Crippen molar-refractivity contribution in [1.29, 1.82) is 0 Å². The summed E-state index contributed by atoms with van der Waals surface area (Å²) < 4.78 is 5.26. The molecule has 0 spiro atoms. The van der Waals surface area contributed by atoms with Crippen LogP contribution < -0.4 is 10.2 Å². The predicted molar refractivity (Wildman–Crippen MR) is 80.8 cm³/mol. The molecule has 0 saturated heterocycles. The molecule has 0 radical (unpaired) electrons. The Balaban J connectivity index is 1.83. The lowest BCUT2D eigenvalue weighted by Gasteiger charge is -2.04. The monoisotopic (exact) mass is 304 g/mol. The number of hydrogen-bond acceptors (Lipinski definition) is 4. The molecular formula is C15H13ClN2O3. The first-order valence-electron chi connectivity index (χ1n) is 6.13. The molecule has 0 aromatic heterocycles. The van der Waals surface area contributed by atoms with Gasteiger partial charge in [0, 0.05) is 10.6 Å². The topological polar surface area (TPSA) is 70.9 Å². The first kappa shape index (κ1) is 14.9. The number of phenolic OH excluding ortho intramolecular Hbond substituents is 1. The number of carbonyl (C=O) groups is 1. The largest absolute Gasteiger partial charge is 0.507 e. The molecule has 21 heavy (non-hydrogen) atoms. The summed E-state index contributed by atoms with van der Waals surface area (Å²) in [4.78, 5) is 11.5. The first-order valence-corrected chi connectivity index (χ1v) is 6.51. The van der Waals surface area contributed by atoms with Crippen molar-refractivity contribution in [2.24, 2.45) is 5.10 Å². The average molecular weight is 305 g/mol. The van der Waals surface area contributed by atoms with E-state index in [0.29, 0.717) is 16.3 Å². The van der Waals surface area contributed by atoms with Crippen LogP contribution in [0.4, 0.5) is 0 Å². The average Bonchev–Trinajstić information content (AvgIpc) is 2.50. The van der Waals surface area contributed by atoms with Gasteiger partial charge in [0.05, 0.1) is 6.21 Å². The third-order valence-electron chi connectivity index (χ3n) is 2.50. The van der Waals surface area contributed by atoms with Gasteiger partial charge in [-0.25, -0.2) is 5.43 Å². The Bertz CT molecular complexity index is 645. The predicted octanol–water partition coefficient (Wildman–Crippen LogP) is 2.57. The van der Waals surface area contributed by atoms with Gasteiger partial charge >= 0.3 is 0 Å². The van der Waals surface area contributed by atoms with Crippen LogP contribution in [0.2, 0.25) is 5.02 Å². The highest BCUT2D eigenvalue weighted by Gasteiger charge is 2.02. The fourth-order valence-electron chi connectivity index (χ4n) is 1.50. The van der Waals surface area contributed by atoms with Crippen molar-refractivity contribution in [3.63, 3.8) is 0 Å². The Labute approximate surface area is 126 Å². The fourth-order valence-corrected chi connectivity index (χ4v) is 1.68. The number of phenols is 1. The highest BCUT2D eigenvalue weighted by molar-refractivity contribution is 6.30. The van der Waals surface area contributed by atoms with Crippen LogP contribution in [0.15, 0.2) is 53.6 Å². The molecule has 0 fully saturated rings. The van der Waals surface area contributed by atoms with Gasteiger partial charge < -0.3 is 9.84 Å². The molecule has 0 aliphatic rings. The van der Waals surface area contributed by atoms with Crippen molar-refractivity contribution in [2.75, 3.05) is 6.61 Å². The molecule has 108 valence electrons. The van der Waals surface area contributed by atoms with Crippen LogP contribution in [0.1, 0.15) is 5.56 Å². The number of halogens is 1. The minimum absolute atomic E-state index is 0.0259. The first-order chi connectivity index (χ1) is 10.1. The molecule has 0 heterocycles. The fraction of sp³-hybridized carbons (Fsp3) is 0.0667. The lowest BCUT2D eigenvalue weighted by atomic mass is 10.2. The third-order valence-corrected chi connectivity index (χ3v) is 2.73. The van der Waals surface area contributed by atoms with Gasteiger partial charge in [-0.15, -0.1) is 0 Å². The van der Waals surface area contributed by atoms with Crippen molar-refractivity contribution in [2.45, 2.75) is 0 Å². The number of para-hydroxylation sites is 1. The maximum absolute atomic E-state index is 11.5. The lowest BCUT2D eigenvalue weighted by molar-refractivity contribution is -0.123. The summed E-state index contributed by atoms with van der Waals surface area (Å²) in [5, 5.41) is 13.8. The third kappa shape index (κ3) is 4.81. The van der Waals surface area contributed by atoms with Gasteiger partial charge in [-0.2, -0.15) is 5.10 Å². The number of hydrazone groups is 1. The molecule has 2 rings (SSSR count). The number of benzene rings is 2. The molecule has 1 amide bonds. The number of hydrogen-bond donors (Lipinski definition) is 2. The van der Waals surface area contributed by atoms with Crippen LogP contribution in [0.5, 0.6) is 11.5 Å². The molecule has 0 unspecified atom stereocenters. The highest BCUT2D eigenvalue weighted by Crippen LogP contribution is 2.19. The van der Waals surface area contributed by atoms with Crippen molar-refractivity contribution in [3.05, 3.63) is 59.1 Å². The van der Waals surface area contributed by atoms with Crippen molar-refractivity contribution in [1.82, 2.24) is 5.43 Å². The maximum Gasteiger partial charge on any atom is 0.277 e. The van der Waals surface area contributed by atoms with E-state index in [9.17, 15) is 9.90 Å². The van der Waals surface area contributed by atoms with E-state index in [0.717, 1.165) is 0 Å². The van der Waals surface area contributed by atoms with Gasteiger partial charge in [-0.05, 0) is 30.3 Å². The standard InChI is InChI=1S/C15H13ClN2O3/c16-12-6-7-14(19)11(8-12)9-17-18-15(20)10-21-13-4-2-1-3-5-13/h1-9,19H,10H2,(H,18,20)/b17-9+. The molecule has 0 bridgehead atoms. The van der Waals surface area contributed by atoms with Gasteiger partial charge in [-0.3, -0.25) is 4.79 Å².